The Labute approximate surface area is 144 Å². The molecule has 0 spiro atoms. The molecule has 0 radical (unpaired) electrons. The summed E-state index contributed by atoms with van der Waals surface area (Å²) in [4.78, 5) is 34.2. The first-order chi connectivity index (χ1) is 12.3. The van der Waals surface area contributed by atoms with Gasteiger partial charge in [-0.2, -0.15) is 13.2 Å². The number of nitrogens with one attached hydrogen (secondary N) is 1. The molecule has 0 aromatic carbocycles. The Morgan fingerprint density at radius 3 is 2.81 bits per heavy atom. The number of aliphatic imine (C=N–C) groups is 1. The number of alkyl halides is 3. The van der Waals surface area contributed by atoms with Crippen LogP contribution in [-0.4, -0.2) is 40.6 Å². The molecule has 0 aliphatic carbocycles. The highest BCUT2D eigenvalue weighted by molar-refractivity contribution is 6.12. The summed E-state index contributed by atoms with van der Waals surface area (Å²) in [6.45, 7) is 1.56. The first-order valence-corrected chi connectivity index (χ1v) is 7.49. The number of nitrogens with zero attached hydrogens (tertiary/aromatic N) is 2. The van der Waals surface area contributed by atoms with Crippen LogP contribution in [0.5, 0.6) is 0 Å². The molecule has 10 heteroatoms. The van der Waals surface area contributed by atoms with Gasteiger partial charge in [0.2, 0.25) is 5.90 Å². The van der Waals surface area contributed by atoms with E-state index < -0.39 is 24.0 Å². The highest BCUT2D eigenvalue weighted by Crippen LogP contribution is 2.32. The maximum Gasteiger partial charge on any atom is 0.491 e. The van der Waals surface area contributed by atoms with Gasteiger partial charge in [0.25, 0.3) is 0 Å². The van der Waals surface area contributed by atoms with Gasteiger partial charge in [-0.15, -0.1) is 0 Å². The van der Waals surface area contributed by atoms with Crippen molar-refractivity contribution >= 4 is 17.8 Å². The smallest absolute Gasteiger partial charge is 0.461 e. The second-order valence-corrected chi connectivity index (χ2v) is 5.19. The molecule has 26 heavy (non-hydrogen) atoms. The zero-order chi connectivity index (χ0) is 18.9. The molecule has 1 aliphatic heterocycles. The van der Waals surface area contributed by atoms with Gasteiger partial charge in [-0.05, 0) is 13.0 Å². The lowest BCUT2D eigenvalue weighted by atomic mass is 10.0. The number of H-pyrrole nitrogens is 1. The molecule has 3 heterocycles. The number of hydrogen-bond acceptors (Lipinski definition) is 6. The van der Waals surface area contributed by atoms with Crippen LogP contribution >= 0.6 is 0 Å². The van der Waals surface area contributed by atoms with Crippen LogP contribution in [-0.2, 0) is 20.8 Å². The van der Waals surface area contributed by atoms with Crippen molar-refractivity contribution in [3.63, 3.8) is 0 Å². The SMILES string of the molecule is CCOC(=O)c1[nH]cc2c1C(OC(=O)C(F)(F)F)=NCc1cccnc1-2. The number of hydrogen-bond donors (Lipinski definition) is 1. The van der Waals surface area contributed by atoms with Gasteiger partial charge in [0.05, 0.1) is 24.4 Å². The predicted octanol–water partition coefficient (Wildman–Crippen LogP) is 2.62. The van der Waals surface area contributed by atoms with Crippen molar-refractivity contribution in [2.75, 3.05) is 6.61 Å². The molecule has 1 aliphatic rings. The fraction of sp³-hybridized carbons (Fsp3) is 0.250. The van der Waals surface area contributed by atoms with E-state index in [0.29, 0.717) is 11.3 Å². The summed E-state index contributed by atoms with van der Waals surface area (Å²) in [7, 11) is 0. The van der Waals surface area contributed by atoms with E-state index in [4.69, 9.17) is 4.74 Å². The fourth-order valence-corrected chi connectivity index (χ4v) is 2.47. The molecule has 0 amide bonds. The molecule has 136 valence electrons. The molecule has 7 nitrogen and oxygen atoms in total. The Morgan fingerprint density at radius 1 is 1.35 bits per heavy atom. The van der Waals surface area contributed by atoms with Crippen molar-refractivity contribution in [2.24, 2.45) is 4.99 Å². The highest BCUT2D eigenvalue weighted by atomic mass is 19.4. The molecule has 0 saturated carbocycles. The van der Waals surface area contributed by atoms with Crippen LogP contribution in [0.25, 0.3) is 11.3 Å². The van der Waals surface area contributed by atoms with Gasteiger partial charge < -0.3 is 14.5 Å². The Bertz CT molecular complexity index is 902. The predicted molar refractivity (Wildman–Crippen MR) is 82.4 cm³/mol. The average molecular weight is 367 g/mol. The minimum absolute atomic E-state index is 0.0519. The lowest BCUT2D eigenvalue weighted by Crippen LogP contribution is -2.29. The Morgan fingerprint density at radius 2 is 2.12 bits per heavy atom. The highest BCUT2D eigenvalue weighted by Gasteiger charge is 2.43. The summed E-state index contributed by atoms with van der Waals surface area (Å²) < 4.78 is 47.2. The minimum Gasteiger partial charge on any atom is -0.461 e. The molecule has 0 bridgehead atoms. The van der Waals surface area contributed by atoms with Crippen molar-refractivity contribution < 1.29 is 32.2 Å². The van der Waals surface area contributed by atoms with Gasteiger partial charge >= 0.3 is 18.1 Å². The number of esters is 2. The van der Waals surface area contributed by atoms with E-state index >= 15 is 0 Å². The Kier molecular flexibility index (Phi) is 4.49. The van der Waals surface area contributed by atoms with Crippen LogP contribution in [0.1, 0.15) is 28.5 Å². The van der Waals surface area contributed by atoms with Crippen LogP contribution < -0.4 is 0 Å². The van der Waals surface area contributed by atoms with Crippen LogP contribution in [0.2, 0.25) is 0 Å². The van der Waals surface area contributed by atoms with Crippen molar-refractivity contribution in [1.29, 1.82) is 0 Å². The molecule has 0 fully saturated rings. The van der Waals surface area contributed by atoms with E-state index in [1.165, 1.54) is 12.4 Å². The van der Waals surface area contributed by atoms with Crippen LogP contribution in [0, 0.1) is 0 Å². The third kappa shape index (κ3) is 3.17. The van der Waals surface area contributed by atoms with Gasteiger partial charge in [0, 0.05) is 23.5 Å². The zero-order valence-corrected chi connectivity index (χ0v) is 13.4. The quantitative estimate of drug-likeness (QED) is 0.824. The number of ether oxygens (including phenoxy) is 2. The van der Waals surface area contributed by atoms with Gasteiger partial charge in [-0.3, -0.25) is 4.98 Å². The molecule has 1 N–H and O–H groups in total. The molecule has 0 saturated heterocycles. The number of pyridine rings is 1. The number of fused-ring (bicyclic) bond motifs is 3. The molecule has 3 rings (SSSR count). The minimum atomic E-state index is -5.21. The van der Waals surface area contributed by atoms with Gasteiger partial charge in [-0.25, -0.2) is 14.6 Å². The van der Waals surface area contributed by atoms with E-state index in [1.807, 2.05) is 0 Å². The van der Waals surface area contributed by atoms with Crippen LogP contribution in [0.3, 0.4) is 0 Å². The van der Waals surface area contributed by atoms with Crippen molar-refractivity contribution in [1.82, 2.24) is 9.97 Å². The standard InChI is InChI=1S/C16H12F3N3O4/c1-2-25-14(23)12-10-9(7-21-12)11-8(4-3-5-20-11)6-22-13(10)26-15(24)16(17,18)19/h3-5,7,21H,2,6H2,1H3. The Hall–Kier alpha value is -3.17. The molecule has 2 aromatic rings. The zero-order valence-electron chi connectivity index (χ0n) is 13.4. The first kappa shape index (κ1) is 17.6. The summed E-state index contributed by atoms with van der Waals surface area (Å²) in [5.74, 6) is -3.87. The van der Waals surface area contributed by atoms with E-state index in [2.05, 4.69) is 19.7 Å². The van der Waals surface area contributed by atoms with E-state index in [0.717, 1.165) is 0 Å². The summed E-state index contributed by atoms with van der Waals surface area (Å²) in [5, 5.41) is 0. The molecule has 0 atom stereocenters. The lowest BCUT2D eigenvalue weighted by Gasteiger charge is -2.10. The molecular weight excluding hydrogens is 355 g/mol. The van der Waals surface area contributed by atoms with Crippen molar-refractivity contribution in [2.45, 2.75) is 19.6 Å². The third-order valence-corrected chi connectivity index (χ3v) is 3.53. The monoisotopic (exact) mass is 367 g/mol. The van der Waals surface area contributed by atoms with Gasteiger partial charge in [-0.1, -0.05) is 6.07 Å². The molecular formula is C16H12F3N3O4. The second kappa shape index (κ2) is 6.62. The number of carbonyl (C=O) groups is 2. The van der Waals surface area contributed by atoms with E-state index in [1.54, 1.807) is 19.1 Å². The summed E-state index contributed by atoms with van der Waals surface area (Å²) >= 11 is 0. The number of aromatic nitrogens is 2. The molecule has 2 aromatic heterocycles. The van der Waals surface area contributed by atoms with Crippen LogP contribution in [0.4, 0.5) is 13.2 Å². The van der Waals surface area contributed by atoms with Crippen LogP contribution in [0.15, 0.2) is 29.5 Å². The summed E-state index contributed by atoms with van der Waals surface area (Å²) in [6, 6.07) is 3.32. The topological polar surface area (TPSA) is 93.6 Å². The first-order valence-electron chi connectivity index (χ1n) is 7.49. The summed E-state index contributed by atoms with van der Waals surface area (Å²) in [5.41, 5.74) is 1.03. The van der Waals surface area contributed by atoms with Crippen molar-refractivity contribution in [3.8, 4) is 11.3 Å². The number of rotatable bonds is 2. The maximum absolute atomic E-state index is 12.6. The fourth-order valence-electron chi connectivity index (χ4n) is 2.47. The van der Waals surface area contributed by atoms with E-state index in [-0.39, 0.29) is 30.0 Å². The van der Waals surface area contributed by atoms with E-state index in [9.17, 15) is 22.8 Å². The number of halogens is 3. The molecule has 0 unspecified atom stereocenters. The normalized spacial score (nSPS) is 13.2. The third-order valence-electron chi connectivity index (χ3n) is 3.53. The number of carbonyl (C=O) groups excluding carboxylic acids is 2. The second-order valence-electron chi connectivity index (χ2n) is 5.19. The largest absolute Gasteiger partial charge is 0.491 e. The van der Waals surface area contributed by atoms with Gasteiger partial charge in [0.1, 0.15) is 5.69 Å². The van der Waals surface area contributed by atoms with Gasteiger partial charge in [0.15, 0.2) is 0 Å². The Balaban J connectivity index is 2.14. The average Bonchev–Trinajstić information content (AvgIpc) is 2.96. The van der Waals surface area contributed by atoms with Crippen molar-refractivity contribution in [3.05, 3.63) is 41.3 Å². The lowest BCUT2D eigenvalue weighted by molar-refractivity contribution is -0.191. The number of aromatic amines is 1. The maximum atomic E-state index is 12.6. The summed E-state index contributed by atoms with van der Waals surface area (Å²) in [6.07, 6.45) is -2.33.